The summed E-state index contributed by atoms with van der Waals surface area (Å²) >= 11 is 0. The monoisotopic (exact) mass is 300 g/mol. The highest BCUT2D eigenvalue weighted by Crippen LogP contribution is 2.16. The van der Waals surface area contributed by atoms with Gasteiger partial charge in [0.2, 0.25) is 5.91 Å². The fourth-order valence-electron chi connectivity index (χ4n) is 1.49. The van der Waals surface area contributed by atoms with Gasteiger partial charge in [-0.25, -0.2) is 18.1 Å². The van der Waals surface area contributed by atoms with Crippen LogP contribution < -0.4 is 15.4 Å². The van der Waals surface area contributed by atoms with Gasteiger partial charge in [0.25, 0.3) is 10.0 Å². The maximum Gasteiger partial charge on any atom is 0.260 e. The lowest BCUT2D eigenvalue weighted by atomic mass is 10.1. The molecular formula is C12H20N4O3S. The van der Waals surface area contributed by atoms with E-state index in [9.17, 15) is 13.2 Å². The van der Waals surface area contributed by atoms with Crippen LogP contribution in [0.3, 0.4) is 0 Å². The minimum atomic E-state index is -3.84. The first-order valence-corrected chi connectivity index (χ1v) is 7.57. The number of nitrogens with one attached hydrogen (secondary N) is 3. The highest BCUT2D eigenvalue weighted by molar-refractivity contribution is 7.89. The molecule has 0 spiro atoms. The number of carbonyl (C=O) groups excluding carboxylic acids is 1. The van der Waals surface area contributed by atoms with Gasteiger partial charge in [0.15, 0.2) is 5.03 Å². The summed E-state index contributed by atoms with van der Waals surface area (Å²) < 4.78 is 26.4. The predicted octanol–water partition coefficient (Wildman–Crippen LogP) is 0.316. The fraction of sp³-hybridized carbons (Fsp3) is 0.500. The third kappa shape index (κ3) is 4.78. The Kier molecular flexibility index (Phi) is 5.07. The molecule has 0 radical (unpaired) electrons. The van der Waals surface area contributed by atoms with Gasteiger partial charge in [0.1, 0.15) is 0 Å². The lowest BCUT2D eigenvalue weighted by molar-refractivity contribution is -0.121. The van der Waals surface area contributed by atoms with Crippen LogP contribution in [-0.4, -0.2) is 38.4 Å². The molecule has 1 aromatic rings. The number of hydrogen-bond donors (Lipinski definition) is 3. The van der Waals surface area contributed by atoms with Gasteiger partial charge in [0, 0.05) is 18.8 Å². The maximum absolute atomic E-state index is 12.1. The average Bonchev–Trinajstić information content (AvgIpc) is 2.34. The van der Waals surface area contributed by atoms with Gasteiger partial charge in [-0.3, -0.25) is 4.79 Å². The first kappa shape index (κ1) is 16.4. The zero-order valence-corrected chi connectivity index (χ0v) is 12.8. The summed E-state index contributed by atoms with van der Waals surface area (Å²) in [6, 6.07) is 3.22. The smallest absolute Gasteiger partial charge is 0.260 e. The number of pyridine rings is 1. The molecule has 0 bridgehead atoms. The number of carbonyl (C=O) groups is 1. The van der Waals surface area contributed by atoms with E-state index in [0.717, 1.165) is 0 Å². The Morgan fingerprint density at radius 1 is 1.35 bits per heavy atom. The van der Waals surface area contributed by atoms with Crippen LogP contribution in [0.1, 0.15) is 20.8 Å². The molecule has 1 amide bonds. The van der Waals surface area contributed by atoms with E-state index >= 15 is 0 Å². The van der Waals surface area contributed by atoms with Gasteiger partial charge in [-0.2, -0.15) is 0 Å². The van der Waals surface area contributed by atoms with Crippen LogP contribution >= 0.6 is 0 Å². The summed E-state index contributed by atoms with van der Waals surface area (Å²) in [5.74, 6) is -0.400. The minimum absolute atomic E-state index is 0.133. The molecular weight excluding hydrogens is 280 g/mol. The van der Waals surface area contributed by atoms with Crippen LogP contribution in [0.15, 0.2) is 23.4 Å². The number of rotatable bonds is 5. The van der Waals surface area contributed by atoms with Crippen molar-refractivity contribution >= 4 is 21.6 Å². The van der Waals surface area contributed by atoms with Gasteiger partial charge in [-0.05, 0) is 32.9 Å². The topological polar surface area (TPSA) is 100 Å². The molecule has 0 saturated heterocycles. The van der Waals surface area contributed by atoms with Gasteiger partial charge in [0.05, 0.1) is 12.2 Å². The number of aromatic nitrogens is 1. The summed E-state index contributed by atoms with van der Waals surface area (Å²) in [7, 11) is -2.24. The molecule has 0 aliphatic carbocycles. The summed E-state index contributed by atoms with van der Waals surface area (Å²) in [6.07, 6.45) is 1.38. The number of hydrogen-bond acceptors (Lipinski definition) is 5. The van der Waals surface area contributed by atoms with Gasteiger partial charge < -0.3 is 10.6 Å². The van der Waals surface area contributed by atoms with E-state index in [-0.39, 0.29) is 11.6 Å². The zero-order valence-electron chi connectivity index (χ0n) is 12.0. The van der Waals surface area contributed by atoms with Crippen molar-refractivity contribution < 1.29 is 13.2 Å². The van der Waals surface area contributed by atoms with E-state index in [1.165, 1.54) is 6.20 Å². The van der Waals surface area contributed by atoms with Crippen LogP contribution in [0, 0.1) is 0 Å². The van der Waals surface area contributed by atoms with Crippen molar-refractivity contribution in [3.05, 3.63) is 18.3 Å². The normalized spacial score (nSPS) is 12.0. The van der Waals surface area contributed by atoms with Crippen LogP contribution in [-0.2, 0) is 14.8 Å². The number of amides is 1. The standard InChI is InChI=1S/C12H20N4O3S/c1-12(2,3)16-10(17)8-15-20(18,19)11-9(13-4)6-5-7-14-11/h5-7,13,15H,8H2,1-4H3,(H,16,17). The van der Waals surface area contributed by atoms with E-state index in [1.807, 2.05) is 20.8 Å². The summed E-state index contributed by atoms with van der Waals surface area (Å²) in [4.78, 5) is 15.4. The zero-order chi connectivity index (χ0) is 15.4. The third-order valence-corrected chi connectivity index (χ3v) is 3.59. The summed E-state index contributed by atoms with van der Waals surface area (Å²) in [6.45, 7) is 5.12. The average molecular weight is 300 g/mol. The molecule has 8 heteroatoms. The van der Waals surface area contributed by atoms with Crippen molar-refractivity contribution in [2.75, 3.05) is 18.9 Å². The Hall–Kier alpha value is -1.67. The highest BCUT2D eigenvalue weighted by atomic mass is 32.2. The van der Waals surface area contributed by atoms with E-state index < -0.39 is 21.5 Å². The lowest BCUT2D eigenvalue weighted by Gasteiger charge is -2.20. The van der Waals surface area contributed by atoms with Crippen LogP contribution in [0.2, 0.25) is 0 Å². The second-order valence-corrected chi connectivity index (χ2v) is 6.91. The molecule has 0 aromatic carbocycles. The molecule has 1 aromatic heterocycles. The van der Waals surface area contributed by atoms with Crippen LogP contribution in [0.4, 0.5) is 5.69 Å². The van der Waals surface area contributed by atoms with Crippen molar-refractivity contribution in [3.8, 4) is 0 Å². The van der Waals surface area contributed by atoms with E-state index in [2.05, 4.69) is 20.3 Å². The molecule has 7 nitrogen and oxygen atoms in total. The molecule has 0 fully saturated rings. The third-order valence-electron chi connectivity index (χ3n) is 2.23. The Morgan fingerprint density at radius 3 is 2.55 bits per heavy atom. The predicted molar refractivity (Wildman–Crippen MR) is 76.9 cm³/mol. The van der Waals surface area contributed by atoms with E-state index in [1.54, 1.807) is 19.2 Å². The second-order valence-electron chi connectivity index (χ2n) is 5.23. The maximum atomic E-state index is 12.1. The largest absolute Gasteiger partial charge is 0.386 e. The first-order chi connectivity index (χ1) is 9.15. The minimum Gasteiger partial charge on any atom is -0.386 e. The van der Waals surface area contributed by atoms with Crippen LogP contribution in [0.5, 0.6) is 0 Å². The summed E-state index contributed by atoms with van der Waals surface area (Å²) in [5, 5.41) is 5.28. The van der Waals surface area contributed by atoms with Gasteiger partial charge in [-0.15, -0.1) is 0 Å². The van der Waals surface area contributed by atoms with Crippen molar-refractivity contribution in [1.29, 1.82) is 0 Å². The molecule has 0 unspecified atom stereocenters. The SMILES string of the molecule is CNc1cccnc1S(=O)(=O)NCC(=O)NC(C)(C)C. The molecule has 20 heavy (non-hydrogen) atoms. The Balaban J connectivity index is 2.79. The van der Waals surface area contributed by atoms with E-state index in [4.69, 9.17) is 0 Å². The number of nitrogens with zero attached hydrogens (tertiary/aromatic N) is 1. The molecule has 112 valence electrons. The van der Waals surface area contributed by atoms with Crippen molar-refractivity contribution in [2.45, 2.75) is 31.3 Å². The molecule has 0 aliphatic heterocycles. The number of sulfonamides is 1. The number of anilines is 1. The lowest BCUT2D eigenvalue weighted by Crippen LogP contribution is -2.45. The van der Waals surface area contributed by atoms with Crippen LogP contribution in [0.25, 0.3) is 0 Å². The molecule has 0 aliphatic rings. The van der Waals surface area contributed by atoms with Gasteiger partial charge >= 0.3 is 0 Å². The van der Waals surface area contributed by atoms with Crippen molar-refractivity contribution in [2.24, 2.45) is 0 Å². The second kappa shape index (κ2) is 6.19. The molecule has 0 saturated carbocycles. The Labute approximate surface area is 119 Å². The summed E-state index contributed by atoms with van der Waals surface area (Å²) in [5.41, 5.74) is -0.0415. The van der Waals surface area contributed by atoms with Crippen molar-refractivity contribution in [3.63, 3.8) is 0 Å². The van der Waals surface area contributed by atoms with Crippen molar-refractivity contribution in [1.82, 2.24) is 15.0 Å². The molecule has 1 heterocycles. The quantitative estimate of drug-likeness (QED) is 0.727. The Morgan fingerprint density at radius 2 is 2.00 bits per heavy atom. The van der Waals surface area contributed by atoms with Gasteiger partial charge in [-0.1, -0.05) is 0 Å². The highest BCUT2D eigenvalue weighted by Gasteiger charge is 2.21. The molecule has 3 N–H and O–H groups in total. The Bertz CT molecular complexity index is 579. The van der Waals surface area contributed by atoms with E-state index in [0.29, 0.717) is 5.69 Å². The first-order valence-electron chi connectivity index (χ1n) is 6.09. The fourth-order valence-corrected chi connectivity index (χ4v) is 2.60. The molecule has 1 rings (SSSR count). The molecule has 0 atom stereocenters.